The number of hydrogen-bond donors (Lipinski definition) is 1. The minimum absolute atomic E-state index is 0.0807. The van der Waals surface area contributed by atoms with E-state index in [2.05, 4.69) is 14.9 Å². The Morgan fingerprint density at radius 2 is 2.07 bits per heavy atom. The Morgan fingerprint density at radius 3 is 2.78 bits per heavy atom. The highest BCUT2D eigenvalue weighted by molar-refractivity contribution is 7.99. The van der Waals surface area contributed by atoms with E-state index >= 15 is 0 Å². The zero-order valence-electron chi connectivity index (χ0n) is 14.7. The molecule has 7 nitrogen and oxygen atoms in total. The summed E-state index contributed by atoms with van der Waals surface area (Å²) < 4.78 is 23.3. The predicted molar refractivity (Wildman–Crippen MR) is 107 cm³/mol. The molecule has 2 saturated heterocycles. The monoisotopic (exact) mass is 428 g/mol. The van der Waals surface area contributed by atoms with Gasteiger partial charge >= 0.3 is 0 Å². The first-order chi connectivity index (χ1) is 12.9. The lowest BCUT2D eigenvalue weighted by molar-refractivity contribution is -0.130. The minimum atomic E-state index is -2.87. The Kier molecular flexibility index (Phi) is 5.37. The van der Waals surface area contributed by atoms with E-state index in [0.29, 0.717) is 35.4 Å². The molecule has 1 aromatic carbocycles. The number of benzene rings is 1. The van der Waals surface area contributed by atoms with E-state index in [1.54, 1.807) is 6.07 Å². The lowest BCUT2D eigenvalue weighted by Gasteiger charge is -2.37. The van der Waals surface area contributed by atoms with E-state index in [4.69, 9.17) is 11.6 Å². The van der Waals surface area contributed by atoms with Gasteiger partial charge in [-0.1, -0.05) is 23.4 Å². The van der Waals surface area contributed by atoms with Crippen molar-refractivity contribution in [1.29, 1.82) is 0 Å². The van der Waals surface area contributed by atoms with Crippen molar-refractivity contribution in [2.75, 3.05) is 43.4 Å². The van der Waals surface area contributed by atoms with Crippen LogP contribution in [0.1, 0.15) is 6.42 Å². The van der Waals surface area contributed by atoms with E-state index in [-0.39, 0.29) is 23.5 Å². The van der Waals surface area contributed by atoms with Gasteiger partial charge in [-0.25, -0.2) is 13.4 Å². The molecule has 2 aliphatic heterocycles. The normalized spacial score (nSPS) is 23.1. The largest absolute Gasteiger partial charge is 0.339 e. The number of halogens is 1. The highest BCUT2D eigenvalue weighted by Gasteiger charge is 2.34. The quantitative estimate of drug-likeness (QED) is 0.745. The second kappa shape index (κ2) is 7.62. The number of carbonyl (C=O) groups excluding carboxylic acids is 1. The maximum Gasteiger partial charge on any atom is 0.233 e. The highest BCUT2D eigenvalue weighted by atomic mass is 35.5. The number of piperazine rings is 1. The number of nitrogens with one attached hydrogen (secondary N) is 1. The van der Waals surface area contributed by atoms with E-state index < -0.39 is 9.84 Å². The fourth-order valence-corrected chi connectivity index (χ4v) is 6.37. The number of aromatic amines is 1. The zero-order chi connectivity index (χ0) is 19.0. The van der Waals surface area contributed by atoms with Gasteiger partial charge in [0, 0.05) is 37.2 Å². The van der Waals surface area contributed by atoms with Crippen LogP contribution >= 0.6 is 23.4 Å². The summed E-state index contributed by atoms with van der Waals surface area (Å²) in [5, 5.41) is 1.35. The molecule has 146 valence electrons. The molecule has 2 fully saturated rings. The van der Waals surface area contributed by atoms with Gasteiger partial charge in [0.25, 0.3) is 0 Å². The molecule has 1 aromatic heterocycles. The van der Waals surface area contributed by atoms with Crippen LogP contribution in [0.4, 0.5) is 0 Å². The van der Waals surface area contributed by atoms with Crippen LogP contribution in [0, 0.1) is 0 Å². The van der Waals surface area contributed by atoms with Crippen molar-refractivity contribution in [1.82, 2.24) is 19.8 Å². The summed E-state index contributed by atoms with van der Waals surface area (Å²) in [5.74, 6) is 0.950. The zero-order valence-corrected chi connectivity index (χ0v) is 17.1. The van der Waals surface area contributed by atoms with Crippen molar-refractivity contribution in [2.24, 2.45) is 0 Å². The number of amides is 1. The molecule has 3 heterocycles. The Hall–Kier alpha value is -1.29. The van der Waals surface area contributed by atoms with Crippen molar-refractivity contribution in [3.05, 3.63) is 23.2 Å². The fourth-order valence-electron chi connectivity index (χ4n) is 3.65. The summed E-state index contributed by atoms with van der Waals surface area (Å²) in [6, 6.07) is 5.57. The number of imidazole rings is 1. The maximum absolute atomic E-state index is 12.5. The molecule has 27 heavy (non-hydrogen) atoms. The molecule has 0 radical (unpaired) electrons. The molecule has 10 heteroatoms. The van der Waals surface area contributed by atoms with Gasteiger partial charge in [0.15, 0.2) is 15.0 Å². The predicted octanol–water partition coefficient (Wildman–Crippen LogP) is 1.64. The second-order valence-corrected chi connectivity index (χ2v) is 10.6. The SMILES string of the molecule is O=C(CSc1nc2ccc(Cl)cc2[nH]1)N1CCN(C2CCS(=O)(=O)C2)CC1. The molecule has 2 aliphatic rings. The third-order valence-electron chi connectivity index (χ3n) is 5.15. The van der Waals surface area contributed by atoms with Crippen molar-refractivity contribution >= 4 is 50.1 Å². The van der Waals surface area contributed by atoms with Crippen LogP contribution in [-0.2, 0) is 14.6 Å². The molecule has 1 unspecified atom stereocenters. The number of carbonyl (C=O) groups is 1. The van der Waals surface area contributed by atoms with E-state index in [0.717, 1.165) is 24.1 Å². The number of thioether (sulfide) groups is 1. The molecule has 1 atom stereocenters. The van der Waals surface area contributed by atoms with Gasteiger partial charge in [-0.2, -0.15) is 0 Å². The molecule has 2 aromatic rings. The topological polar surface area (TPSA) is 86.4 Å². The van der Waals surface area contributed by atoms with Gasteiger partial charge in [-0.3, -0.25) is 9.69 Å². The van der Waals surface area contributed by atoms with E-state index in [1.807, 2.05) is 17.0 Å². The molecular formula is C17H21ClN4O3S2. The van der Waals surface area contributed by atoms with Gasteiger partial charge in [-0.15, -0.1) is 0 Å². The van der Waals surface area contributed by atoms with Crippen LogP contribution < -0.4 is 0 Å². The first kappa shape index (κ1) is 19.0. The second-order valence-electron chi connectivity index (χ2n) is 6.97. The molecule has 0 bridgehead atoms. The van der Waals surface area contributed by atoms with Crippen molar-refractivity contribution in [3.63, 3.8) is 0 Å². The number of H-pyrrole nitrogens is 1. The first-order valence-corrected chi connectivity index (χ1v) is 12.1. The van der Waals surface area contributed by atoms with Crippen molar-refractivity contribution in [2.45, 2.75) is 17.6 Å². The Balaban J connectivity index is 1.28. The molecular weight excluding hydrogens is 408 g/mol. The molecule has 1 N–H and O–H groups in total. The van der Waals surface area contributed by atoms with Gasteiger partial charge in [0.2, 0.25) is 5.91 Å². The van der Waals surface area contributed by atoms with Crippen LogP contribution in [0.2, 0.25) is 5.02 Å². The molecule has 4 rings (SSSR count). The summed E-state index contributed by atoms with van der Waals surface area (Å²) in [7, 11) is -2.87. The van der Waals surface area contributed by atoms with Crippen LogP contribution in [0.25, 0.3) is 11.0 Å². The van der Waals surface area contributed by atoms with Gasteiger partial charge < -0.3 is 9.88 Å². The Labute approximate surface area is 167 Å². The van der Waals surface area contributed by atoms with Gasteiger partial charge in [0.05, 0.1) is 28.3 Å². The maximum atomic E-state index is 12.5. The standard InChI is InChI=1S/C17H21ClN4O3S2/c18-12-1-2-14-15(9-12)20-17(19-14)26-10-16(23)22-6-4-21(5-7-22)13-3-8-27(24,25)11-13/h1-2,9,13H,3-8,10-11H2,(H,19,20). The van der Waals surface area contributed by atoms with Gasteiger partial charge in [-0.05, 0) is 24.6 Å². The van der Waals surface area contributed by atoms with E-state index in [9.17, 15) is 13.2 Å². The third kappa shape index (κ3) is 4.42. The summed E-state index contributed by atoms with van der Waals surface area (Å²) in [5.41, 5.74) is 1.69. The van der Waals surface area contributed by atoms with Crippen LogP contribution in [0.3, 0.4) is 0 Å². The lowest BCUT2D eigenvalue weighted by Crippen LogP contribution is -2.52. The summed E-state index contributed by atoms with van der Waals surface area (Å²) in [6.45, 7) is 2.76. The number of nitrogens with zero attached hydrogens (tertiary/aromatic N) is 3. The summed E-state index contributed by atoms with van der Waals surface area (Å²) in [4.78, 5) is 24.2. The number of hydrogen-bond acceptors (Lipinski definition) is 6. The molecule has 0 saturated carbocycles. The average molecular weight is 429 g/mol. The number of aromatic nitrogens is 2. The Morgan fingerprint density at radius 1 is 1.30 bits per heavy atom. The van der Waals surface area contributed by atoms with Crippen LogP contribution in [0.15, 0.2) is 23.4 Å². The van der Waals surface area contributed by atoms with Crippen LogP contribution in [0.5, 0.6) is 0 Å². The lowest BCUT2D eigenvalue weighted by atomic mass is 10.2. The number of sulfone groups is 1. The van der Waals surface area contributed by atoms with E-state index in [1.165, 1.54) is 11.8 Å². The van der Waals surface area contributed by atoms with Crippen molar-refractivity contribution in [3.8, 4) is 0 Å². The first-order valence-electron chi connectivity index (χ1n) is 8.90. The smallest absolute Gasteiger partial charge is 0.233 e. The molecule has 1 amide bonds. The van der Waals surface area contributed by atoms with Gasteiger partial charge in [0.1, 0.15) is 0 Å². The van der Waals surface area contributed by atoms with Crippen molar-refractivity contribution < 1.29 is 13.2 Å². The number of fused-ring (bicyclic) bond motifs is 1. The number of rotatable bonds is 4. The van der Waals surface area contributed by atoms with Crippen LogP contribution in [-0.4, -0.2) is 83.6 Å². The Bertz CT molecular complexity index is 954. The summed E-state index contributed by atoms with van der Waals surface area (Å²) >= 11 is 7.36. The fraction of sp³-hybridized carbons (Fsp3) is 0.529. The minimum Gasteiger partial charge on any atom is -0.339 e. The molecule has 0 spiro atoms. The summed E-state index contributed by atoms with van der Waals surface area (Å²) in [6.07, 6.45) is 0.711. The third-order valence-corrected chi connectivity index (χ3v) is 7.99. The molecule has 0 aliphatic carbocycles. The average Bonchev–Trinajstić information content (AvgIpc) is 3.21. The highest BCUT2D eigenvalue weighted by Crippen LogP contribution is 2.23.